The Bertz CT molecular complexity index is 543. The van der Waals surface area contributed by atoms with Gasteiger partial charge in [0.25, 0.3) is 0 Å². The number of amides is 1. The van der Waals surface area contributed by atoms with Gasteiger partial charge in [0, 0.05) is 30.7 Å². The van der Waals surface area contributed by atoms with Crippen molar-refractivity contribution >= 4 is 47.4 Å². The van der Waals surface area contributed by atoms with Crippen molar-refractivity contribution in [1.82, 2.24) is 20.9 Å². The molecule has 3 N–H and O–H groups in total. The molecule has 0 saturated carbocycles. The van der Waals surface area contributed by atoms with E-state index in [1.807, 2.05) is 33.9 Å². The van der Waals surface area contributed by atoms with Gasteiger partial charge in [-0.3, -0.25) is 0 Å². The summed E-state index contributed by atoms with van der Waals surface area (Å²) in [5.41, 5.74) is -0.487. The Hall–Kier alpha value is -1.10. The summed E-state index contributed by atoms with van der Waals surface area (Å²) in [5.74, 6) is 0.705. The molecule has 0 spiro atoms. The molecule has 0 fully saturated rings. The quantitative estimate of drug-likeness (QED) is 0.240. The number of thiazole rings is 1. The van der Waals surface area contributed by atoms with E-state index in [1.54, 1.807) is 11.3 Å². The zero-order valence-corrected chi connectivity index (χ0v) is 18.8. The molecule has 0 bridgehead atoms. The van der Waals surface area contributed by atoms with Crippen molar-refractivity contribution in [3.8, 4) is 0 Å². The normalized spacial score (nSPS) is 11.5. The van der Waals surface area contributed by atoms with Gasteiger partial charge >= 0.3 is 6.09 Å². The van der Waals surface area contributed by atoms with Gasteiger partial charge in [0.2, 0.25) is 0 Å². The van der Waals surface area contributed by atoms with E-state index in [0.717, 1.165) is 18.0 Å². The molecule has 0 saturated heterocycles. The molecule has 1 amide bonds. The van der Waals surface area contributed by atoms with Crippen LogP contribution in [-0.4, -0.2) is 42.3 Å². The maximum absolute atomic E-state index is 11.6. The molecule has 0 radical (unpaired) electrons. The van der Waals surface area contributed by atoms with Crippen LogP contribution in [0.1, 0.15) is 44.5 Å². The number of nitrogens with one attached hydrogen (secondary N) is 3. The number of guanidine groups is 1. The van der Waals surface area contributed by atoms with E-state index in [1.165, 1.54) is 4.88 Å². The molecule has 1 aromatic heterocycles. The fraction of sp³-hybridized carbons (Fsp3) is 0.688. The van der Waals surface area contributed by atoms with Gasteiger partial charge in [0.1, 0.15) is 10.6 Å². The molecule has 0 aliphatic rings. The predicted molar refractivity (Wildman–Crippen MR) is 114 cm³/mol. The van der Waals surface area contributed by atoms with Crippen molar-refractivity contribution in [2.24, 2.45) is 4.99 Å². The number of hydrogen-bond acceptors (Lipinski definition) is 5. The van der Waals surface area contributed by atoms with Crippen molar-refractivity contribution in [3.63, 3.8) is 0 Å². The highest BCUT2D eigenvalue weighted by Crippen LogP contribution is 2.13. The maximum atomic E-state index is 11.6. The van der Waals surface area contributed by atoms with Gasteiger partial charge in [-0.15, -0.1) is 35.3 Å². The second-order valence-corrected chi connectivity index (χ2v) is 7.32. The molecule has 0 aliphatic heterocycles. The smallest absolute Gasteiger partial charge is 0.407 e. The van der Waals surface area contributed by atoms with E-state index in [4.69, 9.17) is 4.74 Å². The Kier molecular flexibility index (Phi) is 11.7. The summed E-state index contributed by atoms with van der Waals surface area (Å²) in [6.07, 6.45) is 2.48. The van der Waals surface area contributed by atoms with Crippen molar-refractivity contribution in [3.05, 3.63) is 16.1 Å². The molecule has 0 atom stereocenters. The van der Waals surface area contributed by atoms with E-state index < -0.39 is 11.7 Å². The van der Waals surface area contributed by atoms with E-state index in [2.05, 4.69) is 32.9 Å². The molecule has 1 heterocycles. The highest BCUT2D eigenvalue weighted by Gasteiger charge is 2.15. The Morgan fingerprint density at radius 2 is 1.92 bits per heavy atom. The van der Waals surface area contributed by atoms with Crippen LogP contribution >= 0.6 is 35.3 Å². The van der Waals surface area contributed by atoms with Crippen LogP contribution in [0.25, 0.3) is 0 Å². The Balaban J connectivity index is 0.00000576. The number of nitrogens with zero attached hydrogens (tertiary/aromatic N) is 2. The van der Waals surface area contributed by atoms with Crippen LogP contribution in [-0.2, 0) is 17.7 Å². The van der Waals surface area contributed by atoms with Crippen LogP contribution in [0.5, 0.6) is 0 Å². The molecule has 0 aromatic carbocycles. The number of carbonyl (C=O) groups excluding carboxylic acids is 1. The number of rotatable bonds is 7. The lowest BCUT2D eigenvalue weighted by Gasteiger charge is -2.19. The molecule has 0 aliphatic carbocycles. The fourth-order valence-corrected chi connectivity index (χ4v) is 2.52. The largest absolute Gasteiger partial charge is 0.444 e. The number of alkyl carbamates (subject to hydrolysis) is 1. The zero-order chi connectivity index (χ0) is 18.0. The van der Waals surface area contributed by atoms with Gasteiger partial charge in [-0.2, -0.15) is 0 Å². The molecule has 25 heavy (non-hydrogen) atoms. The highest BCUT2D eigenvalue weighted by atomic mass is 127. The molecular weight excluding hydrogens is 453 g/mol. The van der Waals surface area contributed by atoms with E-state index in [-0.39, 0.29) is 24.0 Å². The number of carbonyl (C=O) groups is 1. The van der Waals surface area contributed by atoms with Crippen molar-refractivity contribution in [2.45, 2.75) is 53.2 Å². The fourth-order valence-electron chi connectivity index (χ4n) is 1.73. The van der Waals surface area contributed by atoms with Gasteiger partial charge in [0.15, 0.2) is 5.96 Å². The molecule has 1 rings (SSSR count). The van der Waals surface area contributed by atoms with Gasteiger partial charge in [-0.1, -0.05) is 6.92 Å². The first-order valence-corrected chi connectivity index (χ1v) is 9.08. The van der Waals surface area contributed by atoms with Crippen LogP contribution in [0.15, 0.2) is 11.2 Å². The summed E-state index contributed by atoms with van der Waals surface area (Å²) < 4.78 is 5.18. The van der Waals surface area contributed by atoms with Gasteiger partial charge < -0.3 is 20.7 Å². The van der Waals surface area contributed by atoms with Crippen molar-refractivity contribution < 1.29 is 9.53 Å². The van der Waals surface area contributed by atoms with Crippen LogP contribution in [0.3, 0.4) is 0 Å². The Morgan fingerprint density at radius 1 is 1.24 bits per heavy atom. The maximum Gasteiger partial charge on any atom is 0.407 e. The molecule has 7 nitrogen and oxygen atoms in total. The number of halogens is 1. The Morgan fingerprint density at radius 3 is 2.48 bits per heavy atom. The van der Waals surface area contributed by atoms with Crippen LogP contribution in [0.2, 0.25) is 0 Å². The van der Waals surface area contributed by atoms with E-state index in [0.29, 0.717) is 25.6 Å². The molecular formula is C16H30IN5O2S. The van der Waals surface area contributed by atoms with Crippen molar-refractivity contribution in [1.29, 1.82) is 0 Å². The predicted octanol–water partition coefficient (Wildman–Crippen LogP) is 2.90. The lowest BCUT2D eigenvalue weighted by atomic mass is 10.2. The summed E-state index contributed by atoms with van der Waals surface area (Å²) in [6.45, 7) is 12.0. The third kappa shape index (κ3) is 11.2. The van der Waals surface area contributed by atoms with E-state index in [9.17, 15) is 4.79 Å². The average molecular weight is 483 g/mol. The molecule has 9 heteroatoms. The van der Waals surface area contributed by atoms with Crippen LogP contribution in [0, 0.1) is 0 Å². The number of ether oxygens (including phenoxy) is 1. The summed E-state index contributed by atoms with van der Waals surface area (Å²) in [5, 5.41) is 10.0. The topological polar surface area (TPSA) is 87.6 Å². The lowest BCUT2D eigenvalue weighted by Crippen LogP contribution is -2.42. The number of hydrogen-bond donors (Lipinski definition) is 3. The lowest BCUT2D eigenvalue weighted by molar-refractivity contribution is 0.0529. The van der Waals surface area contributed by atoms with E-state index >= 15 is 0 Å². The first kappa shape index (κ1) is 23.9. The minimum Gasteiger partial charge on any atom is -0.444 e. The summed E-state index contributed by atoms with van der Waals surface area (Å²) in [4.78, 5) is 21.7. The standard InChI is InChI=1S/C16H29N5O2S.HI/c1-6-12-10-20-13(24-12)11-21-14(17-7-2)18-8-9-19-15(22)23-16(3,4)5;/h10H,6-9,11H2,1-5H3,(H,19,22)(H2,17,18,21);1H. The number of aryl methyl sites for hydroxylation is 1. The summed E-state index contributed by atoms with van der Waals surface area (Å²) >= 11 is 1.68. The summed E-state index contributed by atoms with van der Waals surface area (Å²) in [6, 6.07) is 0. The van der Waals surface area contributed by atoms with Gasteiger partial charge in [0.05, 0.1) is 6.54 Å². The molecule has 0 unspecified atom stereocenters. The Labute approximate surface area is 171 Å². The second-order valence-electron chi connectivity index (χ2n) is 6.12. The summed E-state index contributed by atoms with van der Waals surface area (Å²) in [7, 11) is 0. The van der Waals surface area contributed by atoms with Gasteiger partial charge in [-0.05, 0) is 34.1 Å². The van der Waals surface area contributed by atoms with Crippen LogP contribution < -0.4 is 16.0 Å². The third-order valence-electron chi connectivity index (χ3n) is 2.75. The van der Waals surface area contributed by atoms with Crippen molar-refractivity contribution in [2.75, 3.05) is 19.6 Å². The number of aliphatic imine (C=N–C) groups is 1. The average Bonchev–Trinajstić information content (AvgIpc) is 2.95. The molecule has 1 aromatic rings. The van der Waals surface area contributed by atoms with Gasteiger partial charge in [-0.25, -0.2) is 14.8 Å². The third-order valence-corrected chi connectivity index (χ3v) is 3.88. The first-order chi connectivity index (χ1) is 11.3. The van der Waals surface area contributed by atoms with Crippen LogP contribution in [0.4, 0.5) is 4.79 Å². The highest BCUT2D eigenvalue weighted by molar-refractivity contribution is 14.0. The SMILES string of the molecule is CCNC(=NCc1ncc(CC)s1)NCCNC(=O)OC(C)(C)C.I. The molecule has 144 valence electrons. The zero-order valence-electron chi connectivity index (χ0n) is 15.6. The minimum atomic E-state index is -0.487. The minimum absolute atomic E-state index is 0. The second kappa shape index (κ2) is 12.3. The first-order valence-electron chi connectivity index (χ1n) is 8.26. The number of aromatic nitrogens is 1. The monoisotopic (exact) mass is 483 g/mol.